The van der Waals surface area contributed by atoms with Gasteiger partial charge >= 0.3 is 11.9 Å². The van der Waals surface area contributed by atoms with Crippen LogP contribution in [0.2, 0.25) is 0 Å². The van der Waals surface area contributed by atoms with Gasteiger partial charge in [-0.15, -0.1) is 0 Å². The van der Waals surface area contributed by atoms with E-state index < -0.39 is 18.0 Å². The predicted molar refractivity (Wildman–Crippen MR) is 120 cm³/mol. The molecule has 0 fully saturated rings. The Morgan fingerprint density at radius 1 is 1.00 bits per heavy atom. The summed E-state index contributed by atoms with van der Waals surface area (Å²) < 4.78 is 11.7. The fourth-order valence-electron chi connectivity index (χ4n) is 3.63. The fraction of sp³-hybridized carbons (Fsp3) is 0.167. The molecule has 0 saturated carbocycles. The third-order valence-electron chi connectivity index (χ3n) is 5.17. The zero-order valence-corrected chi connectivity index (χ0v) is 18.5. The summed E-state index contributed by atoms with van der Waals surface area (Å²) in [7, 11) is 2.64. The summed E-state index contributed by atoms with van der Waals surface area (Å²) in [5.74, 6) is -0.947. The molecular formula is C24H20N2O5S. The van der Waals surface area contributed by atoms with Crippen LogP contribution in [0.25, 0.3) is 6.08 Å². The number of hydrogen-bond donors (Lipinski definition) is 0. The number of fused-ring (bicyclic) bond motifs is 1. The summed E-state index contributed by atoms with van der Waals surface area (Å²) in [5, 5.41) is 0. The number of benzene rings is 2. The highest BCUT2D eigenvalue weighted by molar-refractivity contribution is 7.07. The van der Waals surface area contributed by atoms with Crippen LogP contribution >= 0.6 is 11.3 Å². The molecule has 1 unspecified atom stereocenters. The summed E-state index contributed by atoms with van der Waals surface area (Å²) in [6.45, 7) is 1.74. The number of ether oxygens (including phenoxy) is 2. The maximum atomic E-state index is 13.4. The van der Waals surface area contributed by atoms with E-state index in [4.69, 9.17) is 9.47 Å². The number of esters is 2. The molecule has 1 aromatic heterocycles. The monoisotopic (exact) mass is 448 g/mol. The Labute approximate surface area is 187 Å². The van der Waals surface area contributed by atoms with Gasteiger partial charge in [0.1, 0.15) is 0 Å². The van der Waals surface area contributed by atoms with Gasteiger partial charge < -0.3 is 9.47 Å². The van der Waals surface area contributed by atoms with Crippen LogP contribution in [0.5, 0.6) is 0 Å². The lowest BCUT2D eigenvalue weighted by Crippen LogP contribution is -2.39. The van der Waals surface area contributed by atoms with Crippen LogP contribution in [0.3, 0.4) is 0 Å². The Balaban J connectivity index is 1.88. The topological polar surface area (TPSA) is 87.0 Å². The lowest BCUT2D eigenvalue weighted by molar-refractivity contribution is -0.136. The molecule has 2 aromatic carbocycles. The first-order valence-corrected chi connectivity index (χ1v) is 10.6. The van der Waals surface area contributed by atoms with Crippen LogP contribution in [0.1, 0.15) is 34.5 Å². The molecule has 8 heteroatoms. The van der Waals surface area contributed by atoms with E-state index in [1.54, 1.807) is 37.3 Å². The van der Waals surface area contributed by atoms with Gasteiger partial charge in [-0.3, -0.25) is 9.36 Å². The van der Waals surface area contributed by atoms with E-state index in [2.05, 4.69) is 4.99 Å². The molecule has 0 amide bonds. The number of carbonyl (C=O) groups is 2. The van der Waals surface area contributed by atoms with Crippen LogP contribution in [-0.2, 0) is 14.3 Å². The van der Waals surface area contributed by atoms with Gasteiger partial charge in [0.15, 0.2) is 4.80 Å². The molecule has 0 spiro atoms. The van der Waals surface area contributed by atoms with E-state index in [1.165, 1.54) is 30.1 Å². The van der Waals surface area contributed by atoms with Crippen molar-refractivity contribution in [1.29, 1.82) is 0 Å². The maximum Gasteiger partial charge on any atom is 0.338 e. The average molecular weight is 449 g/mol. The Morgan fingerprint density at radius 3 is 2.28 bits per heavy atom. The first-order valence-electron chi connectivity index (χ1n) is 9.78. The summed E-state index contributed by atoms with van der Waals surface area (Å²) in [6, 6.07) is 15.5. The SMILES string of the molecule is COC(=O)C1=C(C)N=c2s/c(=C/c3ccc(C(=O)OC)cc3)c(=O)n2C1c1ccccc1. The number of rotatable bonds is 4. The van der Waals surface area contributed by atoms with Gasteiger partial charge in [0.05, 0.1) is 41.6 Å². The van der Waals surface area contributed by atoms with E-state index in [0.717, 1.165) is 11.1 Å². The van der Waals surface area contributed by atoms with Gasteiger partial charge in [0, 0.05) is 0 Å². The Morgan fingerprint density at radius 2 is 1.66 bits per heavy atom. The molecule has 162 valence electrons. The van der Waals surface area contributed by atoms with Crippen molar-refractivity contribution in [3.05, 3.63) is 102 Å². The smallest absolute Gasteiger partial charge is 0.338 e. The molecule has 0 aliphatic carbocycles. The van der Waals surface area contributed by atoms with Gasteiger partial charge in [-0.05, 0) is 36.3 Å². The number of methoxy groups -OCH3 is 2. The fourth-order valence-corrected chi connectivity index (χ4v) is 4.67. The second-order valence-corrected chi connectivity index (χ2v) is 8.11. The molecule has 32 heavy (non-hydrogen) atoms. The van der Waals surface area contributed by atoms with Gasteiger partial charge in [0.25, 0.3) is 5.56 Å². The predicted octanol–water partition coefficient (Wildman–Crippen LogP) is 2.19. The number of thiazole rings is 1. The van der Waals surface area contributed by atoms with Crippen molar-refractivity contribution in [1.82, 2.24) is 4.57 Å². The van der Waals surface area contributed by atoms with E-state index >= 15 is 0 Å². The molecule has 2 heterocycles. The molecule has 4 rings (SSSR count). The second-order valence-electron chi connectivity index (χ2n) is 7.10. The quantitative estimate of drug-likeness (QED) is 0.571. The molecule has 7 nitrogen and oxygen atoms in total. The third-order valence-corrected chi connectivity index (χ3v) is 6.15. The first kappa shape index (κ1) is 21.5. The molecule has 1 atom stereocenters. The minimum atomic E-state index is -0.635. The highest BCUT2D eigenvalue weighted by atomic mass is 32.1. The number of nitrogens with zero attached hydrogens (tertiary/aromatic N) is 2. The zero-order valence-electron chi connectivity index (χ0n) is 17.7. The van der Waals surface area contributed by atoms with E-state index in [-0.39, 0.29) is 5.56 Å². The van der Waals surface area contributed by atoms with Crippen LogP contribution in [-0.4, -0.2) is 30.7 Å². The Hall–Kier alpha value is -3.78. The number of hydrogen-bond acceptors (Lipinski definition) is 7. The molecular weight excluding hydrogens is 428 g/mol. The first-order chi connectivity index (χ1) is 15.4. The molecule has 0 radical (unpaired) electrons. The summed E-state index contributed by atoms with van der Waals surface area (Å²) in [6.07, 6.45) is 1.74. The standard InChI is InChI=1S/C24H20N2O5S/c1-14-19(23(29)31-3)20(16-7-5-4-6-8-16)26-21(27)18(32-24(26)25-14)13-15-9-11-17(12-10-15)22(28)30-2/h4-13,20H,1-3H3/b18-13+. The van der Waals surface area contributed by atoms with Crippen molar-refractivity contribution in [2.75, 3.05) is 14.2 Å². The van der Waals surface area contributed by atoms with Crippen molar-refractivity contribution in [3.8, 4) is 0 Å². The zero-order chi connectivity index (χ0) is 22.8. The average Bonchev–Trinajstić information content (AvgIpc) is 3.12. The van der Waals surface area contributed by atoms with Gasteiger partial charge in [-0.1, -0.05) is 53.8 Å². The van der Waals surface area contributed by atoms with Crippen LogP contribution in [0.15, 0.2) is 75.7 Å². The maximum absolute atomic E-state index is 13.4. The second kappa shape index (κ2) is 8.76. The number of aromatic nitrogens is 1. The third kappa shape index (κ3) is 3.80. The molecule has 0 saturated heterocycles. The molecule has 1 aliphatic heterocycles. The molecule has 3 aromatic rings. The van der Waals surface area contributed by atoms with Crippen LogP contribution in [0, 0.1) is 0 Å². The summed E-state index contributed by atoms with van der Waals surface area (Å²) in [4.78, 5) is 42.7. The lowest BCUT2D eigenvalue weighted by atomic mass is 9.96. The molecule has 0 bridgehead atoms. The lowest BCUT2D eigenvalue weighted by Gasteiger charge is -2.24. The van der Waals surface area contributed by atoms with Gasteiger partial charge in [-0.25, -0.2) is 14.6 Å². The highest BCUT2D eigenvalue weighted by Crippen LogP contribution is 2.30. The van der Waals surface area contributed by atoms with Crippen molar-refractivity contribution in [2.45, 2.75) is 13.0 Å². The van der Waals surface area contributed by atoms with Crippen molar-refractivity contribution in [2.24, 2.45) is 4.99 Å². The molecule has 0 N–H and O–H groups in total. The van der Waals surface area contributed by atoms with E-state index in [9.17, 15) is 14.4 Å². The number of carbonyl (C=O) groups excluding carboxylic acids is 2. The summed E-state index contributed by atoms with van der Waals surface area (Å²) in [5.41, 5.74) is 2.56. The Kier molecular flexibility index (Phi) is 5.87. The van der Waals surface area contributed by atoms with Crippen LogP contribution < -0.4 is 14.9 Å². The number of allylic oxidation sites excluding steroid dienone is 1. The molecule has 1 aliphatic rings. The summed E-state index contributed by atoms with van der Waals surface area (Å²) >= 11 is 1.25. The normalized spacial score (nSPS) is 15.7. The Bertz CT molecular complexity index is 1400. The van der Waals surface area contributed by atoms with Gasteiger partial charge in [0.2, 0.25) is 0 Å². The van der Waals surface area contributed by atoms with Crippen molar-refractivity contribution in [3.63, 3.8) is 0 Å². The largest absolute Gasteiger partial charge is 0.466 e. The minimum absolute atomic E-state index is 0.256. The van der Waals surface area contributed by atoms with Crippen molar-refractivity contribution < 1.29 is 19.1 Å². The van der Waals surface area contributed by atoms with Crippen molar-refractivity contribution >= 4 is 29.4 Å². The minimum Gasteiger partial charge on any atom is -0.466 e. The highest BCUT2D eigenvalue weighted by Gasteiger charge is 2.32. The van der Waals surface area contributed by atoms with Crippen LogP contribution in [0.4, 0.5) is 0 Å². The van der Waals surface area contributed by atoms with E-state index in [1.807, 2.05) is 30.3 Å². The van der Waals surface area contributed by atoms with E-state index in [0.29, 0.717) is 26.2 Å². The van der Waals surface area contributed by atoms with Gasteiger partial charge in [-0.2, -0.15) is 0 Å².